The zero-order valence-electron chi connectivity index (χ0n) is 27.5. The van der Waals surface area contributed by atoms with Gasteiger partial charge in [-0.1, -0.05) is 24.8 Å². The molecule has 2 amide bonds. The summed E-state index contributed by atoms with van der Waals surface area (Å²) in [5.41, 5.74) is 2.05. The number of hydrogen-bond donors (Lipinski definition) is 5. The molecule has 5 N–H and O–H groups in total. The normalized spacial score (nSPS) is 10.8. The topological polar surface area (TPSA) is 201 Å². The van der Waals surface area contributed by atoms with Gasteiger partial charge in [0.2, 0.25) is 17.8 Å². The van der Waals surface area contributed by atoms with Crippen molar-refractivity contribution in [3.63, 3.8) is 0 Å². The fourth-order valence-corrected chi connectivity index (χ4v) is 3.43. The Labute approximate surface area is 275 Å². The van der Waals surface area contributed by atoms with Crippen LogP contribution >= 0.6 is 0 Å². The molecule has 1 atom stereocenters. The van der Waals surface area contributed by atoms with Gasteiger partial charge in [-0.05, 0) is 58.1 Å². The summed E-state index contributed by atoms with van der Waals surface area (Å²) in [7, 11) is 5.46. The summed E-state index contributed by atoms with van der Waals surface area (Å²) in [5.74, 6) is 4.75. The molecule has 14 heteroatoms. The van der Waals surface area contributed by atoms with Crippen LogP contribution in [0, 0.1) is 23.2 Å². The number of aliphatic carboxylic acids is 2. The fourth-order valence-electron chi connectivity index (χ4n) is 3.43. The SMILES string of the molecule is CCCNc1nc(Nc2ccc(C#N)cc2)ncc1C#CCCCNC(=O)[C@H](C)N(C)C(=O)C=CCN(C)C.O=C(O)CCC(=O)O. The molecular formula is C33H44N8O6. The highest BCUT2D eigenvalue weighted by molar-refractivity contribution is 5.92. The maximum Gasteiger partial charge on any atom is 0.303 e. The molecule has 0 bridgehead atoms. The molecule has 0 saturated heterocycles. The molecule has 0 fully saturated rings. The fraction of sp³-hybridized carbons (Fsp3) is 0.424. The number of rotatable bonds is 16. The number of amides is 2. The summed E-state index contributed by atoms with van der Waals surface area (Å²) < 4.78 is 0. The number of benzene rings is 1. The zero-order chi connectivity index (χ0) is 35.2. The van der Waals surface area contributed by atoms with Crippen LogP contribution in [0.3, 0.4) is 0 Å². The lowest BCUT2D eigenvalue weighted by molar-refractivity contribution is -0.143. The van der Waals surface area contributed by atoms with Crippen molar-refractivity contribution in [3.05, 3.63) is 53.7 Å². The number of nitrogens with zero attached hydrogens (tertiary/aromatic N) is 5. The Bertz CT molecular complexity index is 1440. The summed E-state index contributed by atoms with van der Waals surface area (Å²) in [6, 6.07) is 8.57. The molecule has 14 nitrogen and oxygen atoms in total. The third kappa shape index (κ3) is 17.0. The summed E-state index contributed by atoms with van der Waals surface area (Å²) in [6.45, 7) is 5.64. The second-order valence-electron chi connectivity index (χ2n) is 10.5. The van der Waals surface area contributed by atoms with Crippen molar-refractivity contribution >= 4 is 41.2 Å². The van der Waals surface area contributed by atoms with Crippen LogP contribution < -0.4 is 16.0 Å². The average molecular weight is 649 g/mol. The van der Waals surface area contributed by atoms with Gasteiger partial charge in [-0.25, -0.2) is 4.98 Å². The van der Waals surface area contributed by atoms with Gasteiger partial charge in [0.05, 0.1) is 36.2 Å². The first-order chi connectivity index (χ1) is 22.4. The van der Waals surface area contributed by atoms with Crippen LogP contribution in [-0.4, -0.2) is 101 Å². The van der Waals surface area contributed by atoms with Crippen LogP contribution in [0.25, 0.3) is 0 Å². The maximum absolute atomic E-state index is 12.4. The van der Waals surface area contributed by atoms with E-state index in [2.05, 4.69) is 50.8 Å². The van der Waals surface area contributed by atoms with Gasteiger partial charge in [0.25, 0.3) is 0 Å². The second-order valence-corrected chi connectivity index (χ2v) is 10.5. The van der Waals surface area contributed by atoms with Crippen molar-refractivity contribution in [2.45, 2.75) is 52.0 Å². The number of anilines is 3. The van der Waals surface area contributed by atoms with Crippen molar-refractivity contribution in [2.75, 3.05) is 51.4 Å². The van der Waals surface area contributed by atoms with Gasteiger partial charge in [-0.2, -0.15) is 10.2 Å². The van der Waals surface area contributed by atoms with E-state index in [0.29, 0.717) is 48.8 Å². The smallest absolute Gasteiger partial charge is 0.303 e. The number of unbranched alkanes of at least 4 members (excludes halogenated alkanes) is 1. The number of aromatic nitrogens is 2. The van der Waals surface area contributed by atoms with E-state index in [1.165, 1.54) is 11.0 Å². The van der Waals surface area contributed by atoms with Gasteiger partial charge >= 0.3 is 11.9 Å². The Kier molecular flexibility index (Phi) is 18.6. The van der Waals surface area contributed by atoms with Gasteiger partial charge in [-0.3, -0.25) is 19.2 Å². The number of carbonyl (C=O) groups excluding carboxylic acids is 2. The predicted octanol–water partition coefficient (Wildman–Crippen LogP) is 3.06. The first kappa shape index (κ1) is 39.6. The molecule has 47 heavy (non-hydrogen) atoms. The molecule has 0 unspecified atom stereocenters. The molecule has 1 aromatic carbocycles. The van der Waals surface area contributed by atoms with Crippen LogP contribution in [0.2, 0.25) is 0 Å². The van der Waals surface area contributed by atoms with E-state index in [0.717, 1.165) is 18.7 Å². The minimum Gasteiger partial charge on any atom is -0.481 e. The highest BCUT2D eigenvalue weighted by Crippen LogP contribution is 2.18. The number of hydrogen-bond acceptors (Lipinski definition) is 10. The Morgan fingerprint density at radius 2 is 1.70 bits per heavy atom. The summed E-state index contributed by atoms with van der Waals surface area (Å²) in [5, 5.41) is 34.1. The van der Waals surface area contributed by atoms with E-state index < -0.39 is 18.0 Å². The van der Waals surface area contributed by atoms with E-state index in [1.54, 1.807) is 50.5 Å². The van der Waals surface area contributed by atoms with Crippen molar-refractivity contribution in [1.82, 2.24) is 25.1 Å². The first-order valence-corrected chi connectivity index (χ1v) is 15.0. The van der Waals surface area contributed by atoms with Gasteiger partial charge < -0.3 is 36.0 Å². The maximum atomic E-state index is 12.4. The summed E-state index contributed by atoms with van der Waals surface area (Å²) in [4.78, 5) is 56.3. The Balaban J connectivity index is 0.00000122. The van der Waals surface area contributed by atoms with Crippen LogP contribution in [-0.2, 0) is 19.2 Å². The molecule has 252 valence electrons. The van der Waals surface area contributed by atoms with E-state index in [-0.39, 0.29) is 24.7 Å². The lowest BCUT2D eigenvalue weighted by Gasteiger charge is -2.23. The lowest BCUT2D eigenvalue weighted by Crippen LogP contribution is -2.45. The van der Waals surface area contributed by atoms with Crippen molar-refractivity contribution in [3.8, 4) is 17.9 Å². The summed E-state index contributed by atoms with van der Waals surface area (Å²) in [6.07, 6.45) is 6.52. The third-order valence-electron chi connectivity index (χ3n) is 6.19. The van der Waals surface area contributed by atoms with E-state index in [4.69, 9.17) is 15.5 Å². The molecular weight excluding hydrogens is 604 g/mol. The molecule has 1 heterocycles. The van der Waals surface area contributed by atoms with Crippen LogP contribution in [0.15, 0.2) is 42.6 Å². The van der Waals surface area contributed by atoms with E-state index >= 15 is 0 Å². The average Bonchev–Trinajstić information content (AvgIpc) is 3.04. The largest absolute Gasteiger partial charge is 0.481 e. The molecule has 2 aromatic rings. The van der Waals surface area contributed by atoms with Crippen LogP contribution in [0.5, 0.6) is 0 Å². The third-order valence-corrected chi connectivity index (χ3v) is 6.19. The van der Waals surface area contributed by atoms with Gasteiger partial charge in [0.15, 0.2) is 0 Å². The van der Waals surface area contributed by atoms with E-state index in [1.807, 2.05) is 19.0 Å². The summed E-state index contributed by atoms with van der Waals surface area (Å²) >= 11 is 0. The quantitative estimate of drug-likeness (QED) is 0.101. The van der Waals surface area contributed by atoms with Crippen molar-refractivity contribution in [2.24, 2.45) is 0 Å². The van der Waals surface area contributed by atoms with Crippen LogP contribution in [0.1, 0.15) is 57.1 Å². The lowest BCUT2D eigenvalue weighted by atomic mass is 10.2. The minimum absolute atomic E-state index is 0.204. The van der Waals surface area contributed by atoms with Gasteiger partial charge in [0.1, 0.15) is 11.9 Å². The van der Waals surface area contributed by atoms with Crippen LogP contribution in [0.4, 0.5) is 17.5 Å². The molecule has 0 aliphatic carbocycles. The highest BCUT2D eigenvalue weighted by atomic mass is 16.4. The molecule has 0 radical (unpaired) electrons. The Morgan fingerprint density at radius 1 is 1.04 bits per heavy atom. The molecule has 0 saturated carbocycles. The molecule has 0 spiro atoms. The number of nitrogens with one attached hydrogen (secondary N) is 3. The molecule has 0 aliphatic heterocycles. The monoisotopic (exact) mass is 648 g/mol. The standard InChI is InChI=1S/C29H38N8O2.C4H6O4/c1-6-17-31-27-24(21-33-29(35-27)34-25-15-13-23(20-30)14-16-25)11-8-7-9-18-32-28(39)22(2)37(5)26(38)12-10-19-36(3)4;5-3(6)1-2-4(7)8/h10,12-16,21-22H,6-7,9,17-19H2,1-5H3,(H,32,39)(H2,31,33,34,35);1-2H2,(H,5,6)(H,7,8)/t22-;/m0./s1. The molecule has 2 rings (SSSR count). The predicted molar refractivity (Wildman–Crippen MR) is 179 cm³/mol. The van der Waals surface area contributed by atoms with Crippen molar-refractivity contribution in [1.29, 1.82) is 5.26 Å². The van der Waals surface area contributed by atoms with E-state index in [9.17, 15) is 19.2 Å². The Hall–Kier alpha value is -5.47. The Morgan fingerprint density at radius 3 is 2.28 bits per heavy atom. The number of carboxylic acids is 2. The number of nitriles is 1. The first-order valence-electron chi connectivity index (χ1n) is 15.0. The number of carbonyl (C=O) groups is 4. The van der Waals surface area contributed by atoms with Crippen molar-refractivity contribution < 1.29 is 29.4 Å². The number of likely N-dealkylation sites (N-methyl/N-ethyl adjacent to an activating group) is 2. The van der Waals surface area contributed by atoms with Gasteiger partial charge in [0, 0.05) is 44.9 Å². The second kappa shape index (κ2) is 22.1. The highest BCUT2D eigenvalue weighted by Gasteiger charge is 2.20. The minimum atomic E-state index is -1.08. The number of carboxylic acid groups (broad SMARTS) is 2. The zero-order valence-corrected chi connectivity index (χ0v) is 27.5. The molecule has 1 aromatic heterocycles. The molecule has 0 aliphatic rings. The van der Waals surface area contributed by atoms with Gasteiger partial charge in [-0.15, -0.1) is 0 Å².